The lowest BCUT2D eigenvalue weighted by molar-refractivity contribution is -0.128. The Kier molecular flexibility index (Phi) is 3.46. The first-order valence-corrected chi connectivity index (χ1v) is 4.26. The number of halogens is 3. The highest BCUT2D eigenvalue weighted by atomic mass is 19.4. The number of hydrogen-bond acceptors (Lipinski definition) is 3. The third kappa shape index (κ3) is 4.11. The Labute approximate surface area is 83.3 Å². The van der Waals surface area contributed by atoms with Gasteiger partial charge >= 0.3 is 6.18 Å². The van der Waals surface area contributed by atoms with E-state index < -0.39 is 18.2 Å². The van der Waals surface area contributed by atoms with Crippen LogP contribution in [0.3, 0.4) is 0 Å². The molecule has 0 aromatic carbocycles. The van der Waals surface area contributed by atoms with Crippen LogP contribution in [-0.4, -0.2) is 22.7 Å². The van der Waals surface area contributed by atoms with Gasteiger partial charge in [0.1, 0.15) is 12.2 Å². The van der Waals surface area contributed by atoms with E-state index in [4.69, 9.17) is 5.73 Å². The zero-order valence-electron chi connectivity index (χ0n) is 7.77. The van der Waals surface area contributed by atoms with Crippen LogP contribution in [0.15, 0.2) is 10.9 Å². The van der Waals surface area contributed by atoms with E-state index in [1.165, 1.54) is 0 Å². The summed E-state index contributed by atoms with van der Waals surface area (Å²) in [5.41, 5.74) is 4.90. The van der Waals surface area contributed by atoms with Crippen molar-refractivity contribution in [2.45, 2.75) is 19.0 Å². The highest BCUT2D eigenvalue weighted by Gasteiger charge is 2.29. The van der Waals surface area contributed by atoms with Crippen molar-refractivity contribution < 1.29 is 13.2 Å². The zero-order valence-corrected chi connectivity index (χ0v) is 7.77. The number of aromatic nitrogens is 2. The molecule has 0 fully saturated rings. The van der Waals surface area contributed by atoms with E-state index >= 15 is 0 Å². The lowest BCUT2D eigenvalue weighted by Crippen LogP contribution is -2.20. The van der Waals surface area contributed by atoms with Gasteiger partial charge in [0.2, 0.25) is 0 Å². The maximum Gasteiger partial charge on any atom is 0.396 e. The molecular formula is C8H10F3N3O. The predicted molar refractivity (Wildman–Crippen MR) is 47.4 cm³/mol. The molecule has 0 aliphatic rings. The number of nitrogens with zero attached hydrogens (tertiary/aromatic N) is 1. The zero-order chi connectivity index (χ0) is 11.5. The van der Waals surface area contributed by atoms with Crippen LogP contribution in [0.2, 0.25) is 0 Å². The smallest absolute Gasteiger partial charge is 0.330 e. The van der Waals surface area contributed by atoms with Crippen LogP contribution in [0.25, 0.3) is 0 Å². The van der Waals surface area contributed by atoms with Gasteiger partial charge in [0.25, 0.3) is 5.56 Å². The maximum atomic E-state index is 12.0. The van der Waals surface area contributed by atoms with Crippen molar-refractivity contribution in [1.29, 1.82) is 0 Å². The van der Waals surface area contributed by atoms with Crippen molar-refractivity contribution in [1.82, 2.24) is 9.97 Å². The first-order chi connectivity index (χ1) is 6.90. The van der Waals surface area contributed by atoms with Crippen LogP contribution >= 0.6 is 0 Å². The first-order valence-electron chi connectivity index (χ1n) is 4.26. The summed E-state index contributed by atoms with van der Waals surface area (Å²) in [6.45, 7) is 0.238. The molecule has 0 saturated heterocycles. The fourth-order valence-electron chi connectivity index (χ4n) is 1.11. The number of H-pyrrole nitrogens is 1. The third-order valence-corrected chi connectivity index (χ3v) is 1.61. The highest BCUT2D eigenvalue weighted by molar-refractivity contribution is 5.04. The Hall–Kier alpha value is -1.37. The van der Waals surface area contributed by atoms with Gasteiger partial charge in [-0.3, -0.25) is 4.79 Å². The molecule has 15 heavy (non-hydrogen) atoms. The molecule has 0 amide bonds. The summed E-state index contributed by atoms with van der Waals surface area (Å²) in [7, 11) is 0. The fraction of sp³-hybridized carbons (Fsp3) is 0.500. The van der Waals surface area contributed by atoms with E-state index in [0.29, 0.717) is 0 Å². The minimum atomic E-state index is -4.38. The molecule has 0 atom stereocenters. The fourth-order valence-corrected chi connectivity index (χ4v) is 1.11. The van der Waals surface area contributed by atoms with Gasteiger partial charge in [-0.05, 0) is 6.54 Å². The van der Waals surface area contributed by atoms with Crippen LogP contribution in [0.5, 0.6) is 0 Å². The molecule has 1 rings (SSSR count). The highest BCUT2D eigenvalue weighted by Crippen LogP contribution is 2.18. The number of nitrogens with one attached hydrogen (secondary N) is 1. The lowest BCUT2D eigenvalue weighted by Gasteiger charge is -2.06. The quantitative estimate of drug-likeness (QED) is 0.774. The molecule has 0 aliphatic heterocycles. The SMILES string of the molecule is NCCc1cc(=O)[nH]c(CC(F)(F)F)n1. The second kappa shape index (κ2) is 4.43. The molecule has 3 N–H and O–H groups in total. The van der Waals surface area contributed by atoms with Gasteiger partial charge in [0.15, 0.2) is 0 Å². The minimum Gasteiger partial charge on any atom is -0.330 e. The third-order valence-electron chi connectivity index (χ3n) is 1.61. The van der Waals surface area contributed by atoms with Gasteiger partial charge in [-0.15, -0.1) is 0 Å². The monoisotopic (exact) mass is 221 g/mol. The second-order valence-corrected chi connectivity index (χ2v) is 3.01. The normalized spacial score (nSPS) is 11.7. The van der Waals surface area contributed by atoms with Crippen LogP contribution in [-0.2, 0) is 12.8 Å². The van der Waals surface area contributed by atoms with E-state index in [2.05, 4.69) is 4.98 Å². The van der Waals surface area contributed by atoms with Gasteiger partial charge in [-0.1, -0.05) is 0 Å². The van der Waals surface area contributed by atoms with Crippen molar-refractivity contribution in [3.05, 3.63) is 27.9 Å². The average Bonchev–Trinajstić information content (AvgIpc) is 1.99. The number of aromatic amines is 1. The molecule has 0 aliphatic carbocycles. The average molecular weight is 221 g/mol. The summed E-state index contributed by atoms with van der Waals surface area (Å²) in [4.78, 5) is 16.7. The molecule has 0 unspecified atom stereocenters. The molecular weight excluding hydrogens is 211 g/mol. The Balaban J connectivity index is 2.94. The van der Waals surface area contributed by atoms with Gasteiger partial charge in [-0.25, -0.2) is 4.98 Å². The molecule has 7 heteroatoms. The summed E-state index contributed by atoms with van der Waals surface area (Å²) in [5.74, 6) is -0.376. The molecule has 84 valence electrons. The van der Waals surface area contributed by atoms with Gasteiger partial charge < -0.3 is 10.7 Å². The molecule has 1 aromatic rings. The first kappa shape index (κ1) is 11.7. The Morgan fingerprint density at radius 2 is 2.13 bits per heavy atom. The van der Waals surface area contributed by atoms with E-state index in [9.17, 15) is 18.0 Å². The van der Waals surface area contributed by atoms with Crippen molar-refractivity contribution in [3.63, 3.8) is 0 Å². The maximum absolute atomic E-state index is 12.0. The van der Waals surface area contributed by atoms with E-state index in [0.717, 1.165) is 6.07 Å². The molecule has 1 aromatic heterocycles. The van der Waals surface area contributed by atoms with Crippen molar-refractivity contribution in [2.75, 3.05) is 6.54 Å². The van der Waals surface area contributed by atoms with E-state index in [-0.39, 0.29) is 24.5 Å². The largest absolute Gasteiger partial charge is 0.396 e. The van der Waals surface area contributed by atoms with Gasteiger partial charge in [0.05, 0.1) is 0 Å². The number of nitrogens with two attached hydrogens (primary N) is 1. The summed E-state index contributed by atoms with van der Waals surface area (Å²) < 4.78 is 36.0. The number of hydrogen-bond donors (Lipinski definition) is 2. The topological polar surface area (TPSA) is 71.8 Å². The van der Waals surface area contributed by atoms with Gasteiger partial charge in [0, 0.05) is 18.2 Å². The molecule has 0 bridgehead atoms. The van der Waals surface area contributed by atoms with Crippen LogP contribution < -0.4 is 11.3 Å². The van der Waals surface area contributed by atoms with Crippen molar-refractivity contribution >= 4 is 0 Å². The van der Waals surface area contributed by atoms with Crippen LogP contribution in [0.4, 0.5) is 13.2 Å². The summed E-state index contributed by atoms with van der Waals surface area (Å²) >= 11 is 0. The van der Waals surface area contributed by atoms with Crippen molar-refractivity contribution in [3.8, 4) is 0 Å². The number of rotatable bonds is 3. The Morgan fingerprint density at radius 3 is 2.67 bits per heavy atom. The molecule has 0 saturated carbocycles. The van der Waals surface area contributed by atoms with E-state index in [1.54, 1.807) is 0 Å². The molecule has 4 nitrogen and oxygen atoms in total. The summed E-state index contributed by atoms with van der Waals surface area (Å²) in [5, 5.41) is 0. The van der Waals surface area contributed by atoms with E-state index in [1.807, 2.05) is 4.98 Å². The summed E-state index contributed by atoms with van der Waals surface area (Å²) in [6, 6.07) is 1.15. The number of alkyl halides is 3. The standard InChI is InChI=1S/C8H10F3N3O/c9-8(10,11)4-6-13-5(1-2-12)3-7(15)14-6/h3H,1-2,4,12H2,(H,13,14,15). The van der Waals surface area contributed by atoms with Crippen LogP contribution in [0.1, 0.15) is 11.5 Å². The predicted octanol–water partition coefficient (Wildman–Crippen LogP) is 0.376. The summed E-state index contributed by atoms with van der Waals surface area (Å²) in [6.07, 6.45) is -5.33. The van der Waals surface area contributed by atoms with Crippen LogP contribution in [0, 0.1) is 0 Å². The molecule has 0 radical (unpaired) electrons. The van der Waals surface area contributed by atoms with Crippen molar-refractivity contribution in [2.24, 2.45) is 5.73 Å². The molecule has 0 spiro atoms. The Bertz CT molecular complexity index is 385. The van der Waals surface area contributed by atoms with Gasteiger partial charge in [-0.2, -0.15) is 13.2 Å². The second-order valence-electron chi connectivity index (χ2n) is 3.01. The Morgan fingerprint density at radius 1 is 1.47 bits per heavy atom. The lowest BCUT2D eigenvalue weighted by atomic mass is 10.3. The minimum absolute atomic E-state index is 0.238. The molecule has 1 heterocycles.